The van der Waals surface area contributed by atoms with Crippen LogP contribution >= 0.6 is 0 Å². The second kappa shape index (κ2) is 3.09. The average Bonchev–Trinajstić information content (AvgIpc) is 2.26. The number of hydrogen-bond donors (Lipinski definition) is 0. The minimum absolute atomic E-state index is 0. The van der Waals surface area contributed by atoms with Gasteiger partial charge < -0.3 is 0 Å². The molecule has 65 valence electrons. The molecule has 6 nitrogen and oxygen atoms in total. The van der Waals surface area contributed by atoms with Crippen molar-refractivity contribution in [3.63, 3.8) is 0 Å². The quantitative estimate of drug-likeness (QED) is 0.575. The molecular formula is C6CoN6Zn. The zero-order chi connectivity index (χ0) is 10.7. The van der Waals surface area contributed by atoms with E-state index in [0.29, 0.717) is 0 Å². The topological polar surface area (TPSA) is 143 Å². The van der Waals surface area contributed by atoms with E-state index in [2.05, 4.69) is 0 Å². The third-order valence-corrected chi connectivity index (χ3v) is 12.3. The number of hydrogen-bond acceptors (Lipinski definition) is 6. The molecule has 0 saturated heterocycles. The van der Waals surface area contributed by atoms with Gasteiger partial charge in [0.15, 0.2) is 0 Å². The molecule has 0 aliphatic heterocycles. The second-order valence-corrected chi connectivity index (χ2v) is 18.7. The molecule has 0 aliphatic carbocycles. The Morgan fingerprint density at radius 1 is 0.500 bits per heavy atom. The summed E-state index contributed by atoms with van der Waals surface area (Å²) in [4.78, 5) is 0. The van der Waals surface area contributed by atoms with Crippen molar-refractivity contribution in [3.8, 4) is 28.0 Å². The van der Waals surface area contributed by atoms with E-state index in [4.69, 9.17) is 31.6 Å². The number of rotatable bonds is 0. The summed E-state index contributed by atoms with van der Waals surface area (Å²) in [5.41, 5.74) is 0. The fraction of sp³-hybridized carbons (Fsp3) is 0. The first-order valence-corrected chi connectivity index (χ1v) is 12.4. The van der Waals surface area contributed by atoms with E-state index in [1.165, 1.54) is 0 Å². The van der Waals surface area contributed by atoms with Crippen LogP contribution in [0.3, 0.4) is 0 Å². The van der Waals surface area contributed by atoms with E-state index >= 15 is 0 Å². The predicted octanol–water partition coefficient (Wildman–Crippen LogP) is 0.0957. The van der Waals surface area contributed by atoms with Crippen molar-refractivity contribution >= 4 is 0 Å². The van der Waals surface area contributed by atoms with Crippen LogP contribution in [0.25, 0.3) is 0 Å². The zero-order valence-corrected chi connectivity index (χ0v) is 10.7. The third-order valence-electron chi connectivity index (χ3n) is 2.37. The van der Waals surface area contributed by atoms with Crippen LogP contribution in [-0.4, -0.2) is 0 Å². The van der Waals surface area contributed by atoms with Gasteiger partial charge in [-0.05, 0) is 0 Å². The van der Waals surface area contributed by atoms with Gasteiger partial charge in [-0.15, -0.1) is 0 Å². The summed E-state index contributed by atoms with van der Waals surface area (Å²) < 4.78 is 6.56. The van der Waals surface area contributed by atoms with E-state index in [-0.39, 0.29) is 16.8 Å². The predicted molar refractivity (Wildman–Crippen MR) is 33.7 cm³/mol. The summed E-state index contributed by atoms with van der Waals surface area (Å²) in [6.07, 6.45) is 0. The van der Waals surface area contributed by atoms with Gasteiger partial charge >= 0.3 is 72.0 Å². The summed E-state index contributed by atoms with van der Waals surface area (Å²) in [7, 11) is 0. The zero-order valence-electron chi connectivity index (χ0n) is 6.72. The van der Waals surface area contributed by atoms with Crippen molar-refractivity contribution < 1.29 is 29.2 Å². The molecule has 14 heavy (non-hydrogen) atoms. The van der Waals surface area contributed by atoms with Gasteiger partial charge in [0.2, 0.25) is 0 Å². The molecule has 0 rings (SSSR count). The summed E-state index contributed by atoms with van der Waals surface area (Å²) in [6.45, 7) is 0. The molecule has 0 saturated carbocycles. The smallest absolute Gasteiger partial charge is 0 e. The maximum Gasteiger partial charge on any atom is 0 e. The molecule has 0 atom stereocenters. The van der Waals surface area contributed by atoms with Gasteiger partial charge in [0.25, 0.3) is 0 Å². The molecule has 0 heterocycles. The molecule has 0 aromatic rings. The van der Waals surface area contributed by atoms with Crippen molar-refractivity contribution in [1.29, 1.82) is 31.6 Å². The molecule has 8 heteroatoms. The van der Waals surface area contributed by atoms with E-state index in [1.54, 1.807) is 0 Å². The summed E-state index contributed by atoms with van der Waals surface area (Å²) in [6, 6.07) is 0. The van der Waals surface area contributed by atoms with E-state index in [0.717, 1.165) is 28.0 Å². The minimum Gasteiger partial charge on any atom is 0 e. The van der Waals surface area contributed by atoms with Gasteiger partial charge in [0.05, 0.1) is 0 Å². The van der Waals surface area contributed by atoms with E-state index in [9.17, 15) is 0 Å². The molecule has 0 spiro atoms. The molecule has 0 aromatic carbocycles. The standard InChI is InChI=1S/6CN.Co.Zn/c6*1-2;;. The Bertz CT molecular complexity index is 392. The molecule has 1 radical (unpaired) electrons. The van der Waals surface area contributed by atoms with Gasteiger partial charge in [-0.3, -0.25) is 0 Å². The maximum atomic E-state index is 8.61. The van der Waals surface area contributed by atoms with Crippen LogP contribution in [0.1, 0.15) is 0 Å². The van der Waals surface area contributed by atoms with E-state index in [1.807, 2.05) is 0 Å². The first-order chi connectivity index (χ1) is 5.97. The normalized spacial score (nSPS) is 9.86. The largest absolute Gasteiger partial charge is 0 e. The molecule has 0 aromatic heterocycles. The van der Waals surface area contributed by atoms with Gasteiger partial charge in [-0.2, -0.15) is 0 Å². The van der Waals surface area contributed by atoms with Crippen LogP contribution in [0.15, 0.2) is 0 Å². The summed E-state index contributed by atoms with van der Waals surface area (Å²) in [5, 5.41) is 51.6. The van der Waals surface area contributed by atoms with Gasteiger partial charge in [-0.25, -0.2) is 0 Å². The fourth-order valence-electron chi connectivity index (χ4n) is 0.530. The Kier molecular flexibility index (Phi) is 3.22. The van der Waals surface area contributed by atoms with Crippen LogP contribution < -0.4 is 0 Å². The maximum absolute atomic E-state index is 8.61. The molecule has 0 bridgehead atoms. The van der Waals surface area contributed by atoms with Gasteiger partial charge in [-0.1, -0.05) is 0 Å². The molecule has 0 N–H and O–H groups in total. The van der Waals surface area contributed by atoms with Crippen LogP contribution in [0, 0.1) is 59.6 Å². The SMILES string of the molecule is N#[C][Zn]([C]#N)([C]#N)([C]#N)([C]#N)[C]#N.[Co]. The van der Waals surface area contributed by atoms with Crippen molar-refractivity contribution in [2.24, 2.45) is 0 Å². The molecule has 0 fully saturated rings. The van der Waals surface area contributed by atoms with E-state index < -0.39 is 12.4 Å². The third kappa shape index (κ3) is 1.05. The summed E-state index contributed by atoms with van der Waals surface area (Å²) in [5.74, 6) is 0. The van der Waals surface area contributed by atoms with Crippen LogP contribution in [0.2, 0.25) is 0 Å². The second-order valence-electron chi connectivity index (χ2n) is 3.60. The molecule has 0 aliphatic rings. The Morgan fingerprint density at radius 3 is 0.643 bits per heavy atom. The Balaban J connectivity index is 0. The first kappa shape index (κ1) is 14.6. The number of nitriles is 6. The molecule has 0 amide bonds. The van der Waals surface area contributed by atoms with Crippen LogP contribution in [-0.2, 0) is 29.2 Å². The van der Waals surface area contributed by atoms with Gasteiger partial charge in [0, 0.05) is 16.8 Å². The number of nitrogens with zero attached hydrogens (tertiary/aromatic N) is 6. The average molecular weight is 280 g/mol. The Hall–Kier alpha value is -1.93. The van der Waals surface area contributed by atoms with Crippen LogP contribution in [0.4, 0.5) is 0 Å². The Morgan fingerprint density at radius 2 is 0.643 bits per heavy atom. The van der Waals surface area contributed by atoms with Crippen molar-refractivity contribution in [2.45, 2.75) is 0 Å². The first-order valence-electron chi connectivity index (χ1n) is 3.46. The van der Waals surface area contributed by atoms with Crippen molar-refractivity contribution in [3.05, 3.63) is 0 Å². The molecular weight excluding hydrogens is 280 g/mol. The van der Waals surface area contributed by atoms with Crippen molar-refractivity contribution in [1.82, 2.24) is 0 Å². The van der Waals surface area contributed by atoms with Crippen molar-refractivity contribution in [2.75, 3.05) is 0 Å². The Labute approximate surface area is 88.6 Å². The van der Waals surface area contributed by atoms with Gasteiger partial charge in [0.1, 0.15) is 0 Å². The summed E-state index contributed by atoms with van der Waals surface area (Å²) >= 11 is -6.96. The molecule has 0 unspecified atom stereocenters. The van der Waals surface area contributed by atoms with Crippen LogP contribution in [0.5, 0.6) is 0 Å². The fourth-order valence-corrected chi connectivity index (χ4v) is 2.76. The monoisotopic (exact) mass is 279 g/mol. The minimum atomic E-state index is -6.96.